The van der Waals surface area contributed by atoms with Crippen molar-refractivity contribution in [3.05, 3.63) is 46.6 Å². The molecule has 0 aromatic heterocycles. The summed E-state index contributed by atoms with van der Waals surface area (Å²) in [6.07, 6.45) is -5.08. The van der Waals surface area contributed by atoms with Crippen molar-refractivity contribution in [3.63, 3.8) is 0 Å². The average molecular weight is 613 g/mol. The Hall–Kier alpha value is -2.10. The molecule has 0 spiro atoms. The minimum absolute atomic E-state index is 0.256. The fourth-order valence-corrected chi connectivity index (χ4v) is 5.16. The Morgan fingerprint density at radius 1 is 0.767 bits per heavy atom. The Morgan fingerprint density at radius 2 is 1.26 bits per heavy atom. The first kappa shape index (κ1) is 35.4. The van der Waals surface area contributed by atoms with Gasteiger partial charge >= 0.3 is 0 Å². The van der Waals surface area contributed by atoms with Crippen LogP contribution in [0.1, 0.15) is 58.1 Å². The van der Waals surface area contributed by atoms with Crippen LogP contribution < -0.4 is 9.47 Å². The first-order valence-corrected chi connectivity index (χ1v) is 14.8. The van der Waals surface area contributed by atoms with E-state index in [-0.39, 0.29) is 17.9 Å². The monoisotopic (exact) mass is 612 g/mol. The van der Waals surface area contributed by atoms with Crippen LogP contribution in [-0.4, -0.2) is 104 Å². The number of aryl methyl sites for hydroxylation is 1. The van der Waals surface area contributed by atoms with Gasteiger partial charge in [-0.15, -0.1) is 0 Å². The van der Waals surface area contributed by atoms with E-state index in [2.05, 4.69) is 6.08 Å². The van der Waals surface area contributed by atoms with Crippen molar-refractivity contribution in [1.29, 1.82) is 0 Å². The molecule has 0 amide bonds. The molecule has 12 nitrogen and oxygen atoms in total. The Morgan fingerprint density at radius 3 is 1.67 bits per heavy atom. The molecule has 3 rings (SSSR count). The molecule has 2 heterocycles. The van der Waals surface area contributed by atoms with E-state index in [9.17, 15) is 40.9 Å². The maximum Gasteiger partial charge on any atom is 0.210 e. The Bertz CT molecular complexity index is 1030. The molecule has 2 aliphatic heterocycles. The molecule has 2 aliphatic rings. The summed E-state index contributed by atoms with van der Waals surface area (Å²) >= 11 is 0. The Balaban J connectivity index is 2.06. The largest absolute Gasteiger partial charge is 0.464 e. The summed E-state index contributed by atoms with van der Waals surface area (Å²) in [6, 6.07) is 3.52. The van der Waals surface area contributed by atoms with Crippen LogP contribution in [0.25, 0.3) is 0 Å². The van der Waals surface area contributed by atoms with Gasteiger partial charge in [0.05, 0.1) is 37.3 Å². The molecule has 0 bridgehead atoms. The highest BCUT2D eigenvalue weighted by Crippen LogP contribution is 2.38. The third-order valence-electron chi connectivity index (χ3n) is 7.83. The summed E-state index contributed by atoms with van der Waals surface area (Å²) in [6.45, 7) is 6.84. The van der Waals surface area contributed by atoms with Crippen LogP contribution in [0.4, 0.5) is 0 Å². The fourth-order valence-electron chi connectivity index (χ4n) is 5.16. The van der Waals surface area contributed by atoms with Crippen molar-refractivity contribution in [3.8, 4) is 11.5 Å². The first-order chi connectivity index (χ1) is 20.4. The maximum atomic E-state index is 10.5. The molecule has 43 heavy (non-hydrogen) atoms. The quantitative estimate of drug-likeness (QED) is 0.145. The van der Waals surface area contributed by atoms with Crippen LogP contribution in [0.15, 0.2) is 35.4 Å². The minimum Gasteiger partial charge on any atom is -0.464 e. The van der Waals surface area contributed by atoms with Crippen molar-refractivity contribution >= 4 is 0 Å². The Kier molecular flexibility index (Phi) is 13.4. The molecule has 0 radical (unpaired) electrons. The number of allylic oxidation sites excluding steroid dienone is 4. The number of benzene rings is 1. The molecule has 10 atom stereocenters. The molecule has 1 aromatic carbocycles. The summed E-state index contributed by atoms with van der Waals surface area (Å²) in [7, 11) is 0. The molecule has 244 valence electrons. The van der Waals surface area contributed by atoms with Gasteiger partial charge in [0, 0.05) is 5.56 Å². The van der Waals surface area contributed by atoms with E-state index < -0.39 is 74.6 Å². The molecule has 2 saturated heterocycles. The van der Waals surface area contributed by atoms with Crippen molar-refractivity contribution in [2.45, 2.75) is 109 Å². The van der Waals surface area contributed by atoms with Crippen LogP contribution in [0.3, 0.4) is 0 Å². The van der Waals surface area contributed by atoms with E-state index >= 15 is 0 Å². The van der Waals surface area contributed by atoms with E-state index in [0.717, 1.165) is 30.4 Å². The lowest BCUT2D eigenvalue weighted by Crippen LogP contribution is -2.57. The van der Waals surface area contributed by atoms with Crippen molar-refractivity contribution in [2.24, 2.45) is 11.8 Å². The van der Waals surface area contributed by atoms with Gasteiger partial charge in [0.25, 0.3) is 0 Å². The van der Waals surface area contributed by atoms with Crippen LogP contribution >= 0.6 is 0 Å². The number of hydrogen-bond acceptors (Lipinski definition) is 12. The summed E-state index contributed by atoms with van der Waals surface area (Å²) < 4.78 is 23.3. The van der Waals surface area contributed by atoms with Gasteiger partial charge < -0.3 is 59.8 Å². The summed E-state index contributed by atoms with van der Waals surface area (Å²) in [5, 5.41) is 81.4. The lowest BCUT2D eigenvalue weighted by atomic mass is 9.94. The van der Waals surface area contributed by atoms with Gasteiger partial charge in [-0.2, -0.15) is 0 Å². The first-order valence-electron chi connectivity index (χ1n) is 14.8. The molecular weight excluding hydrogens is 564 g/mol. The van der Waals surface area contributed by atoms with Crippen molar-refractivity contribution in [1.82, 2.24) is 0 Å². The van der Waals surface area contributed by atoms with E-state index in [1.807, 2.05) is 33.8 Å². The lowest BCUT2D eigenvalue weighted by molar-refractivity contribution is -0.313. The second-order valence-electron chi connectivity index (χ2n) is 11.6. The fraction of sp³-hybridized carbons (Fsp3) is 0.677. The van der Waals surface area contributed by atoms with E-state index in [1.165, 1.54) is 5.57 Å². The molecule has 0 saturated carbocycles. The normalized spacial score (nSPS) is 33.3. The van der Waals surface area contributed by atoms with E-state index in [4.69, 9.17) is 18.9 Å². The number of aliphatic hydroxyl groups excluding tert-OH is 8. The van der Waals surface area contributed by atoms with Crippen LogP contribution in [0.5, 0.6) is 11.5 Å². The minimum atomic E-state index is -1.76. The second kappa shape index (κ2) is 16.3. The number of ether oxygens (including phenoxy) is 4. The standard InChI is InChI=1S/C31H48O12/c1-5-7-18-12-22(40-30-20(14-32)24(34)26(36)28(38)42-30)19(11-10-17(4)9-6-8-16(2)3)23(13-18)41-31-21(15-33)25(35)27(37)29(39)43-31/h8,10,12-13,20-21,24-39H,5-7,9,11,14-15H2,1-4H3/b17-10+/t20-,21-,24-,25-,26+,27+,28+,29+,30?,31?/m1/s1. The lowest BCUT2D eigenvalue weighted by Gasteiger charge is -2.41. The highest BCUT2D eigenvalue weighted by molar-refractivity contribution is 5.50. The Labute approximate surface area is 252 Å². The third kappa shape index (κ3) is 8.98. The van der Waals surface area contributed by atoms with Gasteiger partial charge in [-0.1, -0.05) is 36.6 Å². The molecule has 2 fully saturated rings. The van der Waals surface area contributed by atoms with Gasteiger partial charge in [-0.05, 0) is 64.2 Å². The highest BCUT2D eigenvalue weighted by atomic mass is 16.7. The third-order valence-corrected chi connectivity index (χ3v) is 7.83. The van der Waals surface area contributed by atoms with E-state index in [0.29, 0.717) is 12.0 Å². The molecule has 12 heteroatoms. The van der Waals surface area contributed by atoms with Gasteiger partial charge in [-0.3, -0.25) is 0 Å². The van der Waals surface area contributed by atoms with Gasteiger partial charge in [-0.25, -0.2) is 0 Å². The zero-order valence-corrected chi connectivity index (χ0v) is 25.2. The SMILES string of the molecule is CCCc1cc(OC2O[C@H](O)[C@@H](O)[C@H](O)[C@H]2CO)c(C/C=C(\C)CCC=C(C)C)c(OC2O[C@H](O)[C@@H](O)[C@H](O)[C@H]2CO)c1. The van der Waals surface area contributed by atoms with Crippen LogP contribution in [0, 0.1) is 11.8 Å². The topological polar surface area (TPSA) is 199 Å². The number of aliphatic hydroxyl groups is 8. The zero-order chi connectivity index (χ0) is 31.8. The summed E-state index contributed by atoms with van der Waals surface area (Å²) in [4.78, 5) is 0. The van der Waals surface area contributed by atoms with Gasteiger partial charge in [0.2, 0.25) is 12.6 Å². The van der Waals surface area contributed by atoms with Gasteiger partial charge in [0.15, 0.2) is 12.6 Å². The van der Waals surface area contributed by atoms with Gasteiger partial charge in [0.1, 0.15) is 23.7 Å². The second-order valence-corrected chi connectivity index (χ2v) is 11.6. The summed E-state index contributed by atoms with van der Waals surface area (Å²) in [5.74, 6) is -1.66. The highest BCUT2D eigenvalue weighted by Gasteiger charge is 2.46. The predicted molar refractivity (Wildman–Crippen MR) is 155 cm³/mol. The average Bonchev–Trinajstić information content (AvgIpc) is 2.94. The smallest absolute Gasteiger partial charge is 0.210 e. The van der Waals surface area contributed by atoms with Crippen molar-refractivity contribution < 1.29 is 59.8 Å². The number of hydrogen-bond donors (Lipinski definition) is 8. The predicted octanol–water partition coefficient (Wildman–Crippen LogP) is 0.642. The van der Waals surface area contributed by atoms with Crippen molar-refractivity contribution in [2.75, 3.05) is 13.2 Å². The summed E-state index contributed by atoms with van der Waals surface area (Å²) in [5.41, 5.74) is 3.56. The van der Waals surface area contributed by atoms with E-state index in [1.54, 1.807) is 12.1 Å². The molecular formula is C31H48O12. The van der Waals surface area contributed by atoms with Crippen LogP contribution in [-0.2, 0) is 22.3 Å². The molecule has 8 N–H and O–H groups in total. The zero-order valence-electron chi connectivity index (χ0n) is 25.2. The van der Waals surface area contributed by atoms with Crippen LogP contribution in [0.2, 0.25) is 0 Å². The molecule has 2 unspecified atom stereocenters. The molecule has 1 aromatic rings. The number of rotatable bonds is 13. The maximum absolute atomic E-state index is 10.5. The molecule has 0 aliphatic carbocycles.